The maximum atomic E-state index is 11.6. The van der Waals surface area contributed by atoms with Crippen molar-refractivity contribution in [2.75, 3.05) is 17.2 Å². The van der Waals surface area contributed by atoms with Crippen LogP contribution in [0.2, 0.25) is 0 Å². The number of carbonyl (C=O) groups is 1. The smallest absolute Gasteiger partial charge is 0.415 e. The van der Waals surface area contributed by atoms with Crippen LogP contribution < -0.4 is 10.6 Å². The molecule has 1 amide bonds. The van der Waals surface area contributed by atoms with Crippen LogP contribution in [0.4, 0.5) is 16.2 Å². The molecule has 1 saturated heterocycles. The number of cyclic esters (lactones) is 1. The Hall–Kier alpha value is -1.71. The predicted octanol–water partition coefficient (Wildman–Crippen LogP) is 2.00. The summed E-state index contributed by atoms with van der Waals surface area (Å²) < 4.78 is 5.20. The number of rotatable bonds is 1. The van der Waals surface area contributed by atoms with Crippen LogP contribution in [0.5, 0.6) is 0 Å². The summed E-state index contributed by atoms with van der Waals surface area (Å²) in [5, 5.41) is 0. The number of ether oxygens (including phenoxy) is 1. The molecule has 1 fully saturated rings. The molecule has 4 nitrogen and oxygen atoms in total. The Balaban J connectivity index is 2.34. The van der Waals surface area contributed by atoms with Gasteiger partial charge in [0.05, 0.1) is 17.9 Å². The van der Waals surface area contributed by atoms with Crippen LogP contribution in [0.1, 0.15) is 13.8 Å². The zero-order valence-corrected chi connectivity index (χ0v) is 8.86. The van der Waals surface area contributed by atoms with Gasteiger partial charge >= 0.3 is 6.09 Å². The van der Waals surface area contributed by atoms with Gasteiger partial charge in [-0.15, -0.1) is 0 Å². The summed E-state index contributed by atoms with van der Waals surface area (Å²) in [5.41, 5.74) is 6.66. The lowest BCUT2D eigenvalue weighted by molar-refractivity contribution is 0.0871. The number of nitrogen functional groups attached to an aromatic ring is 1. The molecular weight excluding hydrogens is 192 g/mol. The number of para-hydroxylation sites is 2. The van der Waals surface area contributed by atoms with Gasteiger partial charge in [0.15, 0.2) is 0 Å². The lowest BCUT2D eigenvalue weighted by Crippen LogP contribution is -2.28. The third kappa shape index (κ3) is 1.75. The highest BCUT2D eigenvalue weighted by molar-refractivity contribution is 5.93. The molecule has 1 aromatic rings. The van der Waals surface area contributed by atoms with E-state index in [2.05, 4.69) is 0 Å². The van der Waals surface area contributed by atoms with Crippen molar-refractivity contribution in [3.05, 3.63) is 24.3 Å². The van der Waals surface area contributed by atoms with E-state index in [9.17, 15) is 4.79 Å². The number of benzene rings is 1. The van der Waals surface area contributed by atoms with E-state index in [1.807, 2.05) is 32.0 Å². The molecule has 4 heteroatoms. The average Bonchev–Trinajstić information content (AvgIpc) is 2.40. The molecule has 0 atom stereocenters. The molecule has 2 N–H and O–H groups in total. The van der Waals surface area contributed by atoms with Crippen LogP contribution in [-0.4, -0.2) is 18.2 Å². The summed E-state index contributed by atoms with van der Waals surface area (Å²) >= 11 is 0. The highest BCUT2D eigenvalue weighted by Gasteiger charge is 2.38. The summed E-state index contributed by atoms with van der Waals surface area (Å²) in [6.07, 6.45) is -0.335. The molecule has 2 rings (SSSR count). The minimum Gasteiger partial charge on any atom is -0.441 e. The minimum atomic E-state index is -0.445. The highest BCUT2D eigenvalue weighted by atomic mass is 16.6. The van der Waals surface area contributed by atoms with Gasteiger partial charge in [0.1, 0.15) is 5.60 Å². The average molecular weight is 206 g/mol. The second-order valence-electron chi connectivity index (χ2n) is 4.27. The quantitative estimate of drug-likeness (QED) is 0.715. The van der Waals surface area contributed by atoms with Crippen molar-refractivity contribution in [3.63, 3.8) is 0 Å². The molecule has 1 heterocycles. The molecule has 0 radical (unpaired) electrons. The Bertz CT molecular complexity index is 401. The number of hydrogen-bond donors (Lipinski definition) is 1. The summed E-state index contributed by atoms with van der Waals surface area (Å²) in [5.74, 6) is 0. The topological polar surface area (TPSA) is 55.6 Å². The minimum absolute atomic E-state index is 0.335. The highest BCUT2D eigenvalue weighted by Crippen LogP contribution is 2.30. The van der Waals surface area contributed by atoms with Gasteiger partial charge < -0.3 is 10.5 Å². The van der Waals surface area contributed by atoms with E-state index in [0.717, 1.165) is 0 Å². The first-order chi connectivity index (χ1) is 6.99. The van der Waals surface area contributed by atoms with Gasteiger partial charge in [-0.05, 0) is 26.0 Å². The zero-order valence-electron chi connectivity index (χ0n) is 8.86. The standard InChI is InChI=1S/C11H14N2O2/c1-11(2)7-13(10(14)15-11)9-6-4-3-5-8(9)12/h3-6H,7,12H2,1-2H3. The number of nitrogens with two attached hydrogens (primary N) is 1. The van der Waals surface area contributed by atoms with Gasteiger partial charge in [0.2, 0.25) is 0 Å². The fourth-order valence-electron chi connectivity index (χ4n) is 1.69. The Morgan fingerprint density at radius 3 is 2.60 bits per heavy atom. The fourth-order valence-corrected chi connectivity index (χ4v) is 1.69. The molecule has 0 saturated carbocycles. The van der Waals surface area contributed by atoms with E-state index in [-0.39, 0.29) is 6.09 Å². The SMILES string of the molecule is CC1(C)CN(c2ccccc2N)C(=O)O1. The first-order valence-corrected chi connectivity index (χ1v) is 4.85. The summed E-state index contributed by atoms with van der Waals surface area (Å²) in [7, 11) is 0. The van der Waals surface area contributed by atoms with Crippen molar-refractivity contribution in [3.8, 4) is 0 Å². The largest absolute Gasteiger partial charge is 0.441 e. The third-order valence-electron chi connectivity index (χ3n) is 2.35. The van der Waals surface area contributed by atoms with Crippen molar-refractivity contribution in [2.24, 2.45) is 0 Å². The van der Waals surface area contributed by atoms with Gasteiger partial charge in [-0.25, -0.2) is 4.79 Å². The van der Waals surface area contributed by atoms with Gasteiger partial charge in [0, 0.05) is 0 Å². The molecule has 80 valence electrons. The lowest BCUT2D eigenvalue weighted by atomic mass is 10.1. The number of hydrogen-bond acceptors (Lipinski definition) is 3. The Morgan fingerprint density at radius 1 is 1.40 bits per heavy atom. The van der Waals surface area contributed by atoms with Crippen LogP contribution >= 0.6 is 0 Å². The van der Waals surface area contributed by atoms with E-state index >= 15 is 0 Å². The molecule has 0 aliphatic carbocycles. The molecule has 1 aliphatic heterocycles. The number of anilines is 2. The van der Waals surface area contributed by atoms with Crippen molar-refractivity contribution >= 4 is 17.5 Å². The number of amides is 1. The van der Waals surface area contributed by atoms with E-state index in [0.29, 0.717) is 17.9 Å². The molecule has 15 heavy (non-hydrogen) atoms. The van der Waals surface area contributed by atoms with Crippen LogP contribution in [-0.2, 0) is 4.74 Å². The molecule has 1 aromatic carbocycles. The van der Waals surface area contributed by atoms with E-state index < -0.39 is 5.60 Å². The molecule has 1 aliphatic rings. The monoisotopic (exact) mass is 206 g/mol. The van der Waals surface area contributed by atoms with Crippen LogP contribution in [0.3, 0.4) is 0 Å². The second-order valence-corrected chi connectivity index (χ2v) is 4.27. The molecule has 0 bridgehead atoms. The van der Waals surface area contributed by atoms with E-state index in [1.165, 1.54) is 0 Å². The van der Waals surface area contributed by atoms with Gasteiger partial charge in [-0.3, -0.25) is 4.90 Å². The maximum Gasteiger partial charge on any atom is 0.415 e. The Kier molecular flexibility index (Phi) is 2.07. The Labute approximate surface area is 88.6 Å². The normalized spacial score (nSPS) is 19.1. The van der Waals surface area contributed by atoms with Crippen LogP contribution in [0, 0.1) is 0 Å². The van der Waals surface area contributed by atoms with E-state index in [4.69, 9.17) is 10.5 Å². The second kappa shape index (κ2) is 3.15. The summed E-state index contributed by atoms with van der Waals surface area (Å²) in [4.78, 5) is 13.2. The van der Waals surface area contributed by atoms with Gasteiger partial charge in [-0.2, -0.15) is 0 Å². The van der Waals surface area contributed by atoms with Crippen molar-refractivity contribution in [1.29, 1.82) is 0 Å². The number of carbonyl (C=O) groups excluding carboxylic acids is 1. The van der Waals surface area contributed by atoms with Gasteiger partial charge in [-0.1, -0.05) is 12.1 Å². The number of nitrogens with zero attached hydrogens (tertiary/aromatic N) is 1. The van der Waals surface area contributed by atoms with Crippen molar-refractivity contribution < 1.29 is 9.53 Å². The molecule has 0 unspecified atom stereocenters. The predicted molar refractivity (Wildman–Crippen MR) is 58.8 cm³/mol. The Morgan fingerprint density at radius 2 is 2.07 bits per heavy atom. The lowest BCUT2D eigenvalue weighted by Gasteiger charge is -2.16. The summed E-state index contributed by atoms with van der Waals surface area (Å²) in [6, 6.07) is 7.28. The molecular formula is C11H14N2O2. The summed E-state index contributed by atoms with van der Waals surface area (Å²) in [6.45, 7) is 4.29. The van der Waals surface area contributed by atoms with Crippen molar-refractivity contribution in [1.82, 2.24) is 0 Å². The van der Waals surface area contributed by atoms with Gasteiger partial charge in [0.25, 0.3) is 0 Å². The molecule has 0 spiro atoms. The first-order valence-electron chi connectivity index (χ1n) is 4.85. The maximum absolute atomic E-state index is 11.6. The third-order valence-corrected chi connectivity index (χ3v) is 2.35. The zero-order chi connectivity index (χ0) is 11.1. The molecule has 0 aromatic heterocycles. The van der Waals surface area contributed by atoms with Crippen molar-refractivity contribution in [2.45, 2.75) is 19.4 Å². The van der Waals surface area contributed by atoms with Crippen LogP contribution in [0.15, 0.2) is 24.3 Å². The van der Waals surface area contributed by atoms with E-state index in [1.54, 1.807) is 11.0 Å². The first kappa shape index (κ1) is 9.83. The van der Waals surface area contributed by atoms with Crippen LogP contribution in [0.25, 0.3) is 0 Å². The fraction of sp³-hybridized carbons (Fsp3) is 0.364.